The van der Waals surface area contributed by atoms with Gasteiger partial charge in [-0.25, -0.2) is 15.5 Å². The lowest BCUT2D eigenvalue weighted by Gasteiger charge is -2.34. The predicted octanol–water partition coefficient (Wildman–Crippen LogP) is 0.445. The summed E-state index contributed by atoms with van der Waals surface area (Å²) in [5.74, 6) is 3.84. The van der Waals surface area contributed by atoms with Crippen molar-refractivity contribution < 1.29 is 9.90 Å². The van der Waals surface area contributed by atoms with Crippen molar-refractivity contribution in [1.29, 1.82) is 0 Å². The molecule has 8 heteroatoms. The zero-order valence-corrected chi connectivity index (χ0v) is 12.2. The quantitative estimate of drug-likeness (QED) is 0.422. The number of hydrogen-bond donors (Lipinski definition) is 3. The van der Waals surface area contributed by atoms with E-state index in [4.69, 9.17) is 17.4 Å². The van der Waals surface area contributed by atoms with E-state index in [9.17, 15) is 9.90 Å². The molecule has 0 radical (unpaired) electrons. The summed E-state index contributed by atoms with van der Waals surface area (Å²) < 4.78 is 1.43. The van der Waals surface area contributed by atoms with Crippen LogP contribution in [0.2, 0.25) is 5.02 Å². The van der Waals surface area contributed by atoms with Crippen LogP contribution >= 0.6 is 11.6 Å². The maximum Gasteiger partial charge on any atom is 0.240 e. The lowest BCUT2D eigenvalue weighted by molar-refractivity contribution is -0.136. The fraction of sp³-hybridized carbons (Fsp3) is 0.308. The van der Waals surface area contributed by atoms with Gasteiger partial charge in [0.15, 0.2) is 0 Å². The molecule has 0 aliphatic heterocycles. The minimum atomic E-state index is -1.57. The van der Waals surface area contributed by atoms with E-state index < -0.39 is 17.4 Å². The highest BCUT2D eigenvalue weighted by atomic mass is 35.5. The van der Waals surface area contributed by atoms with Crippen LogP contribution in [-0.4, -0.2) is 25.8 Å². The van der Waals surface area contributed by atoms with Crippen molar-refractivity contribution in [3.05, 3.63) is 47.5 Å². The van der Waals surface area contributed by atoms with Crippen LogP contribution < -0.4 is 11.3 Å². The summed E-state index contributed by atoms with van der Waals surface area (Å²) in [6.45, 7) is 1.59. The molecular weight excluding hydrogens is 294 g/mol. The van der Waals surface area contributed by atoms with Crippen LogP contribution in [-0.2, 0) is 16.9 Å². The zero-order chi connectivity index (χ0) is 15.5. The van der Waals surface area contributed by atoms with Crippen LogP contribution in [0.15, 0.2) is 36.9 Å². The van der Waals surface area contributed by atoms with E-state index in [0.29, 0.717) is 10.6 Å². The van der Waals surface area contributed by atoms with Crippen molar-refractivity contribution in [3.8, 4) is 0 Å². The minimum Gasteiger partial charge on any atom is -0.382 e. The summed E-state index contributed by atoms with van der Waals surface area (Å²) in [6.07, 6.45) is 2.80. The third-order valence-electron chi connectivity index (χ3n) is 3.46. The van der Waals surface area contributed by atoms with E-state index in [1.54, 1.807) is 31.2 Å². The lowest BCUT2D eigenvalue weighted by Crippen LogP contribution is -2.48. The smallest absolute Gasteiger partial charge is 0.240 e. The van der Waals surface area contributed by atoms with Gasteiger partial charge in [-0.05, 0) is 6.07 Å². The Morgan fingerprint density at radius 1 is 1.57 bits per heavy atom. The van der Waals surface area contributed by atoms with E-state index in [0.717, 1.165) is 0 Å². The molecule has 21 heavy (non-hydrogen) atoms. The molecule has 2 rings (SSSR count). The standard InChI is InChI=1S/C13H16ClN5O2/c1-9(12(20)18-15)13(21,6-19-8-16-7-17-19)10-4-2-3-5-11(10)14/h2-5,7-9,21H,6,15H2,1H3,(H,18,20). The minimum absolute atomic E-state index is 0.0192. The number of halogens is 1. The molecule has 7 nitrogen and oxygen atoms in total. The first-order chi connectivity index (χ1) is 9.99. The molecule has 0 aliphatic carbocycles. The number of nitrogens with zero attached hydrogens (tertiary/aromatic N) is 3. The number of carbonyl (C=O) groups excluding carboxylic acids is 1. The van der Waals surface area contributed by atoms with Crippen LogP contribution in [0.25, 0.3) is 0 Å². The first kappa shape index (κ1) is 15.4. The van der Waals surface area contributed by atoms with Gasteiger partial charge in [-0.15, -0.1) is 0 Å². The number of amides is 1. The van der Waals surface area contributed by atoms with Gasteiger partial charge in [0.05, 0.1) is 12.5 Å². The second kappa shape index (κ2) is 6.21. The first-order valence-corrected chi connectivity index (χ1v) is 6.67. The summed E-state index contributed by atoms with van der Waals surface area (Å²) in [4.78, 5) is 15.7. The van der Waals surface area contributed by atoms with E-state index in [1.165, 1.54) is 17.3 Å². The summed E-state index contributed by atoms with van der Waals surface area (Å²) in [7, 11) is 0. The van der Waals surface area contributed by atoms with Gasteiger partial charge in [0.2, 0.25) is 5.91 Å². The maximum atomic E-state index is 11.9. The third-order valence-corrected chi connectivity index (χ3v) is 3.79. The summed E-state index contributed by atoms with van der Waals surface area (Å²) in [5, 5.41) is 15.4. The van der Waals surface area contributed by atoms with Gasteiger partial charge in [-0.1, -0.05) is 36.7 Å². The Morgan fingerprint density at radius 3 is 2.86 bits per heavy atom. The van der Waals surface area contributed by atoms with Crippen molar-refractivity contribution in [2.45, 2.75) is 19.1 Å². The topological polar surface area (TPSA) is 106 Å². The normalized spacial score (nSPS) is 15.2. The molecular formula is C13H16ClN5O2. The second-order valence-electron chi connectivity index (χ2n) is 4.73. The molecule has 1 heterocycles. The fourth-order valence-electron chi connectivity index (χ4n) is 2.17. The Hall–Kier alpha value is -1.96. The van der Waals surface area contributed by atoms with Gasteiger partial charge in [0.1, 0.15) is 18.3 Å². The predicted molar refractivity (Wildman–Crippen MR) is 76.9 cm³/mol. The Bertz CT molecular complexity index is 619. The van der Waals surface area contributed by atoms with Crippen LogP contribution in [0.1, 0.15) is 12.5 Å². The van der Waals surface area contributed by atoms with E-state index >= 15 is 0 Å². The summed E-state index contributed by atoms with van der Waals surface area (Å²) >= 11 is 6.17. The van der Waals surface area contributed by atoms with Gasteiger partial charge >= 0.3 is 0 Å². The second-order valence-corrected chi connectivity index (χ2v) is 5.13. The molecule has 0 fully saturated rings. The van der Waals surface area contributed by atoms with Crippen molar-refractivity contribution in [2.75, 3.05) is 0 Å². The van der Waals surface area contributed by atoms with E-state index in [2.05, 4.69) is 15.5 Å². The molecule has 0 saturated heterocycles. The van der Waals surface area contributed by atoms with Crippen molar-refractivity contribution in [1.82, 2.24) is 20.2 Å². The highest BCUT2D eigenvalue weighted by Crippen LogP contribution is 2.35. The van der Waals surface area contributed by atoms with Gasteiger partial charge < -0.3 is 5.11 Å². The summed E-state index contributed by atoms with van der Waals surface area (Å²) in [5.41, 5.74) is 0.907. The van der Waals surface area contributed by atoms with Crippen LogP contribution in [0.5, 0.6) is 0 Å². The number of aromatic nitrogens is 3. The number of hydrazine groups is 1. The van der Waals surface area contributed by atoms with Gasteiger partial charge in [-0.2, -0.15) is 5.10 Å². The number of carbonyl (C=O) groups is 1. The Balaban J connectivity index is 2.48. The third kappa shape index (κ3) is 3.05. The molecule has 1 amide bonds. The van der Waals surface area contributed by atoms with E-state index in [1.807, 2.05) is 0 Å². The highest BCUT2D eigenvalue weighted by Gasteiger charge is 2.41. The Morgan fingerprint density at radius 2 is 2.29 bits per heavy atom. The number of hydrogen-bond acceptors (Lipinski definition) is 5. The molecule has 0 saturated carbocycles. The molecule has 0 spiro atoms. The molecule has 0 aliphatic rings. The Labute approximate surface area is 126 Å². The molecule has 2 unspecified atom stereocenters. The first-order valence-electron chi connectivity index (χ1n) is 6.29. The van der Waals surface area contributed by atoms with Gasteiger partial charge in [-0.3, -0.25) is 10.2 Å². The van der Waals surface area contributed by atoms with E-state index in [-0.39, 0.29) is 6.54 Å². The van der Waals surface area contributed by atoms with Crippen molar-refractivity contribution in [3.63, 3.8) is 0 Å². The van der Waals surface area contributed by atoms with Gasteiger partial charge in [0.25, 0.3) is 0 Å². The van der Waals surface area contributed by atoms with Crippen LogP contribution in [0.4, 0.5) is 0 Å². The largest absolute Gasteiger partial charge is 0.382 e. The number of benzene rings is 1. The monoisotopic (exact) mass is 309 g/mol. The zero-order valence-electron chi connectivity index (χ0n) is 11.4. The molecule has 1 aromatic heterocycles. The molecule has 4 N–H and O–H groups in total. The fourth-order valence-corrected chi connectivity index (χ4v) is 2.47. The molecule has 2 atom stereocenters. The number of aliphatic hydroxyl groups is 1. The molecule has 0 bridgehead atoms. The van der Waals surface area contributed by atoms with Gasteiger partial charge in [0, 0.05) is 10.6 Å². The number of rotatable bonds is 5. The maximum absolute atomic E-state index is 11.9. The Kier molecular flexibility index (Phi) is 4.56. The van der Waals surface area contributed by atoms with Crippen molar-refractivity contribution in [2.24, 2.45) is 11.8 Å². The summed E-state index contributed by atoms with van der Waals surface area (Å²) in [6, 6.07) is 6.80. The number of nitrogens with one attached hydrogen (secondary N) is 1. The average molecular weight is 310 g/mol. The molecule has 1 aromatic carbocycles. The van der Waals surface area contributed by atoms with Crippen molar-refractivity contribution >= 4 is 17.5 Å². The number of nitrogens with two attached hydrogens (primary N) is 1. The molecule has 112 valence electrons. The van der Waals surface area contributed by atoms with Crippen LogP contribution in [0, 0.1) is 5.92 Å². The average Bonchev–Trinajstić information content (AvgIpc) is 2.98. The lowest BCUT2D eigenvalue weighted by atomic mass is 9.81. The SMILES string of the molecule is CC(C(=O)NN)C(O)(Cn1cncn1)c1ccccc1Cl. The highest BCUT2D eigenvalue weighted by molar-refractivity contribution is 6.31. The molecule has 2 aromatic rings. The van der Waals surface area contributed by atoms with Crippen LogP contribution in [0.3, 0.4) is 0 Å².